The SMILES string of the molecule is Cl.O=C(Nc1ccc(F)c(F)c1)c1cn(C2CCNCC2)nn1. The number of nitrogens with one attached hydrogen (secondary N) is 2. The minimum absolute atomic E-state index is 0. The molecule has 9 heteroatoms. The third-order valence-electron chi connectivity index (χ3n) is 3.60. The minimum atomic E-state index is -1.02. The Morgan fingerprint density at radius 3 is 2.70 bits per heavy atom. The van der Waals surface area contributed by atoms with Crippen molar-refractivity contribution in [1.82, 2.24) is 20.3 Å². The highest BCUT2D eigenvalue weighted by molar-refractivity contribution is 6.02. The molecule has 1 saturated heterocycles. The van der Waals surface area contributed by atoms with Crippen LogP contribution in [0.25, 0.3) is 0 Å². The molecule has 1 aromatic carbocycles. The number of nitrogens with zero attached hydrogens (tertiary/aromatic N) is 3. The molecule has 1 fully saturated rings. The lowest BCUT2D eigenvalue weighted by molar-refractivity contribution is 0.102. The summed E-state index contributed by atoms with van der Waals surface area (Å²) in [5.74, 6) is -2.49. The van der Waals surface area contributed by atoms with Crippen LogP contribution in [-0.4, -0.2) is 34.0 Å². The van der Waals surface area contributed by atoms with Crippen LogP contribution in [0.3, 0.4) is 0 Å². The molecule has 2 heterocycles. The molecule has 1 aromatic heterocycles. The van der Waals surface area contributed by atoms with E-state index < -0.39 is 17.5 Å². The first kappa shape index (κ1) is 17.3. The van der Waals surface area contributed by atoms with E-state index in [9.17, 15) is 13.6 Å². The summed E-state index contributed by atoms with van der Waals surface area (Å²) in [4.78, 5) is 12.1. The van der Waals surface area contributed by atoms with Crippen molar-refractivity contribution in [3.63, 3.8) is 0 Å². The van der Waals surface area contributed by atoms with Crippen LogP contribution in [0.2, 0.25) is 0 Å². The molecule has 23 heavy (non-hydrogen) atoms. The average molecular weight is 344 g/mol. The lowest BCUT2D eigenvalue weighted by atomic mass is 10.1. The summed E-state index contributed by atoms with van der Waals surface area (Å²) in [5.41, 5.74) is 0.309. The van der Waals surface area contributed by atoms with Crippen molar-refractivity contribution >= 4 is 24.0 Å². The summed E-state index contributed by atoms with van der Waals surface area (Å²) in [6.45, 7) is 1.81. The molecule has 3 rings (SSSR count). The fraction of sp³-hybridized carbons (Fsp3) is 0.357. The quantitative estimate of drug-likeness (QED) is 0.895. The zero-order valence-corrected chi connectivity index (χ0v) is 12.9. The van der Waals surface area contributed by atoms with Gasteiger partial charge in [0.2, 0.25) is 0 Å². The van der Waals surface area contributed by atoms with Gasteiger partial charge < -0.3 is 10.6 Å². The Balaban J connectivity index is 0.00000192. The van der Waals surface area contributed by atoms with Crippen molar-refractivity contribution in [2.45, 2.75) is 18.9 Å². The third kappa shape index (κ3) is 4.02. The van der Waals surface area contributed by atoms with Gasteiger partial charge >= 0.3 is 0 Å². The van der Waals surface area contributed by atoms with Gasteiger partial charge in [0, 0.05) is 11.8 Å². The molecular formula is C14H16ClF2N5O. The largest absolute Gasteiger partial charge is 0.320 e. The maximum Gasteiger partial charge on any atom is 0.277 e. The highest BCUT2D eigenvalue weighted by atomic mass is 35.5. The summed E-state index contributed by atoms with van der Waals surface area (Å²) in [6.07, 6.45) is 3.42. The maximum atomic E-state index is 13.1. The number of carbonyl (C=O) groups is 1. The number of hydrogen-bond donors (Lipinski definition) is 2. The fourth-order valence-electron chi connectivity index (χ4n) is 2.40. The number of benzene rings is 1. The van der Waals surface area contributed by atoms with Gasteiger partial charge in [-0.25, -0.2) is 13.5 Å². The van der Waals surface area contributed by atoms with Gasteiger partial charge in [0.25, 0.3) is 5.91 Å². The molecule has 2 N–H and O–H groups in total. The molecule has 1 aliphatic heterocycles. The molecule has 2 aromatic rings. The number of anilines is 1. The second-order valence-corrected chi connectivity index (χ2v) is 5.15. The van der Waals surface area contributed by atoms with E-state index in [1.54, 1.807) is 10.9 Å². The zero-order chi connectivity index (χ0) is 15.5. The van der Waals surface area contributed by atoms with Crippen molar-refractivity contribution in [1.29, 1.82) is 0 Å². The van der Waals surface area contributed by atoms with Crippen LogP contribution in [0.15, 0.2) is 24.4 Å². The topological polar surface area (TPSA) is 71.8 Å². The molecule has 1 amide bonds. The number of carbonyl (C=O) groups excluding carboxylic acids is 1. The predicted octanol–water partition coefficient (Wildman–Crippen LogP) is 2.15. The Kier molecular flexibility index (Phi) is 5.62. The summed E-state index contributed by atoms with van der Waals surface area (Å²) < 4.78 is 27.6. The van der Waals surface area contributed by atoms with Crippen LogP contribution in [0.4, 0.5) is 14.5 Å². The van der Waals surface area contributed by atoms with Crippen LogP contribution in [0, 0.1) is 11.6 Å². The number of rotatable bonds is 3. The van der Waals surface area contributed by atoms with Gasteiger partial charge in [-0.05, 0) is 38.1 Å². The lowest BCUT2D eigenvalue weighted by Gasteiger charge is -2.22. The standard InChI is InChI=1S/C14H15F2N5O.ClH/c15-11-2-1-9(7-12(11)16)18-14(22)13-8-21(20-19-13)10-3-5-17-6-4-10;/h1-2,7-8,10,17H,3-6H2,(H,18,22);1H. The Morgan fingerprint density at radius 2 is 2.00 bits per heavy atom. The highest BCUT2D eigenvalue weighted by Gasteiger charge is 2.19. The van der Waals surface area contributed by atoms with E-state index in [0.717, 1.165) is 38.1 Å². The Hall–Kier alpha value is -2.06. The minimum Gasteiger partial charge on any atom is -0.320 e. The Bertz CT molecular complexity index is 688. The van der Waals surface area contributed by atoms with Gasteiger partial charge in [0.1, 0.15) is 0 Å². The van der Waals surface area contributed by atoms with Gasteiger partial charge in [-0.15, -0.1) is 17.5 Å². The van der Waals surface area contributed by atoms with Gasteiger partial charge in [-0.2, -0.15) is 0 Å². The monoisotopic (exact) mass is 343 g/mol. The Morgan fingerprint density at radius 1 is 1.26 bits per heavy atom. The first-order valence-electron chi connectivity index (χ1n) is 7.02. The molecule has 0 radical (unpaired) electrons. The Labute approximate surface area is 137 Å². The molecule has 0 bridgehead atoms. The number of halogens is 3. The smallest absolute Gasteiger partial charge is 0.277 e. The normalized spacial score (nSPS) is 15.0. The second kappa shape index (κ2) is 7.47. The molecule has 0 atom stereocenters. The van der Waals surface area contributed by atoms with Gasteiger partial charge in [-0.1, -0.05) is 5.21 Å². The molecule has 6 nitrogen and oxygen atoms in total. The number of hydrogen-bond acceptors (Lipinski definition) is 4. The number of amides is 1. The highest BCUT2D eigenvalue weighted by Crippen LogP contribution is 2.18. The maximum absolute atomic E-state index is 13.1. The van der Waals surface area contributed by atoms with E-state index in [4.69, 9.17) is 0 Å². The predicted molar refractivity (Wildman–Crippen MR) is 82.7 cm³/mol. The molecule has 1 aliphatic rings. The first-order valence-corrected chi connectivity index (χ1v) is 7.02. The van der Waals surface area contributed by atoms with Crippen molar-refractivity contribution in [3.05, 3.63) is 41.7 Å². The van der Waals surface area contributed by atoms with Crippen molar-refractivity contribution in [2.75, 3.05) is 18.4 Å². The van der Waals surface area contributed by atoms with Crippen LogP contribution in [0.1, 0.15) is 29.4 Å². The lowest BCUT2D eigenvalue weighted by Crippen LogP contribution is -2.29. The fourth-order valence-corrected chi connectivity index (χ4v) is 2.40. The molecular weight excluding hydrogens is 328 g/mol. The number of piperidine rings is 1. The van der Waals surface area contributed by atoms with E-state index >= 15 is 0 Å². The van der Waals surface area contributed by atoms with E-state index in [1.165, 1.54) is 6.07 Å². The van der Waals surface area contributed by atoms with Crippen molar-refractivity contribution < 1.29 is 13.6 Å². The summed E-state index contributed by atoms with van der Waals surface area (Å²) in [7, 11) is 0. The number of aromatic nitrogens is 3. The van der Waals surface area contributed by atoms with E-state index in [1.807, 2.05) is 0 Å². The molecule has 0 spiro atoms. The van der Waals surface area contributed by atoms with Gasteiger partial charge in [0.05, 0.1) is 12.2 Å². The van der Waals surface area contributed by atoms with E-state index in [-0.39, 0.29) is 29.8 Å². The molecule has 0 unspecified atom stereocenters. The van der Waals surface area contributed by atoms with Crippen molar-refractivity contribution in [3.8, 4) is 0 Å². The second-order valence-electron chi connectivity index (χ2n) is 5.15. The van der Waals surface area contributed by atoms with Gasteiger partial charge in [0.15, 0.2) is 17.3 Å². The van der Waals surface area contributed by atoms with Crippen LogP contribution >= 0.6 is 12.4 Å². The van der Waals surface area contributed by atoms with Crippen LogP contribution in [-0.2, 0) is 0 Å². The first-order chi connectivity index (χ1) is 10.6. The summed E-state index contributed by atoms with van der Waals surface area (Å²) in [6, 6.07) is 3.38. The zero-order valence-electron chi connectivity index (χ0n) is 12.1. The van der Waals surface area contributed by atoms with Crippen molar-refractivity contribution in [2.24, 2.45) is 0 Å². The van der Waals surface area contributed by atoms with E-state index in [2.05, 4.69) is 20.9 Å². The third-order valence-corrected chi connectivity index (χ3v) is 3.60. The average Bonchev–Trinajstić information content (AvgIpc) is 3.02. The molecule has 0 saturated carbocycles. The van der Waals surface area contributed by atoms with Crippen LogP contribution < -0.4 is 10.6 Å². The van der Waals surface area contributed by atoms with E-state index in [0.29, 0.717) is 0 Å². The molecule has 124 valence electrons. The van der Waals surface area contributed by atoms with Crippen LogP contribution in [0.5, 0.6) is 0 Å². The summed E-state index contributed by atoms with van der Waals surface area (Å²) >= 11 is 0. The molecule has 0 aliphatic carbocycles. The summed E-state index contributed by atoms with van der Waals surface area (Å²) in [5, 5.41) is 13.5. The van der Waals surface area contributed by atoms with Gasteiger partial charge in [-0.3, -0.25) is 4.79 Å².